The van der Waals surface area contributed by atoms with Crippen LogP contribution in [0.25, 0.3) is 11.1 Å². The lowest BCUT2D eigenvalue weighted by Crippen LogP contribution is -2.14. The van der Waals surface area contributed by atoms with Crippen molar-refractivity contribution in [2.45, 2.75) is 103 Å². The van der Waals surface area contributed by atoms with Gasteiger partial charge >= 0.3 is 0 Å². The van der Waals surface area contributed by atoms with E-state index in [-0.39, 0.29) is 20.3 Å². The van der Waals surface area contributed by atoms with Crippen LogP contribution in [0, 0.1) is 0 Å². The van der Waals surface area contributed by atoms with E-state index in [2.05, 4.69) is 71.9 Å². The molecule has 198 valence electrons. The average Bonchev–Trinajstić information content (AvgIpc) is 3.12. The third kappa shape index (κ3) is 16.6. The lowest BCUT2D eigenvalue weighted by Gasteiger charge is -2.20. The molecule has 1 aliphatic rings. The molecule has 0 heterocycles. The smallest absolute Gasteiger partial charge is 0.0433 e. The van der Waals surface area contributed by atoms with Crippen LogP contribution in [0.5, 0.6) is 0 Å². The zero-order valence-electron chi connectivity index (χ0n) is 23.3. The molecule has 0 aromatic heterocycles. The Kier molecular flexibility index (Phi) is 44.3. The van der Waals surface area contributed by atoms with Crippen molar-refractivity contribution in [1.29, 1.82) is 0 Å². The molecule has 0 N–H and O–H groups in total. The minimum Gasteiger partial charge on any atom is -0.385 e. The summed E-state index contributed by atoms with van der Waals surface area (Å²) < 4.78 is 9.08. The molecule has 0 spiro atoms. The Labute approximate surface area is 211 Å². The minimum atomic E-state index is 0. The molecule has 0 unspecified atom stereocenters. The Morgan fingerprint density at radius 1 is 0.545 bits per heavy atom. The first kappa shape index (κ1) is 44.9. The van der Waals surface area contributed by atoms with Gasteiger partial charge in [-0.15, -0.1) is 0 Å². The van der Waals surface area contributed by atoms with E-state index in [1.165, 1.54) is 22.3 Å². The van der Waals surface area contributed by atoms with Crippen molar-refractivity contribution in [1.82, 2.24) is 0 Å². The van der Waals surface area contributed by atoms with Gasteiger partial charge < -0.3 is 9.47 Å². The zero-order valence-corrected chi connectivity index (χ0v) is 23.3. The number of fused-ring (bicyclic) bond motifs is 3. The van der Waals surface area contributed by atoms with Crippen LogP contribution >= 0.6 is 0 Å². The van der Waals surface area contributed by atoms with Crippen molar-refractivity contribution in [3.63, 3.8) is 0 Å². The summed E-state index contributed by atoms with van der Waals surface area (Å²) in [5, 5.41) is 0. The van der Waals surface area contributed by atoms with Crippen LogP contribution in [0.2, 0.25) is 0 Å². The molecule has 2 aromatic rings. The third-order valence-corrected chi connectivity index (χ3v) is 4.07. The molecule has 0 radical (unpaired) electrons. The highest BCUT2D eigenvalue weighted by Crippen LogP contribution is 2.47. The largest absolute Gasteiger partial charge is 0.385 e. The van der Waals surface area contributed by atoms with Crippen LogP contribution in [0.15, 0.2) is 48.5 Å². The monoisotopic (exact) mass is 466 g/mol. The van der Waals surface area contributed by atoms with Crippen LogP contribution in [0.3, 0.4) is 0 Å². The van der Waals surface area contributed by atoms with Gasteiger partial charge in [0.1, 0.15) is 0 Å². The average molecular weight is 467 g/mol. The van der Waals surface area contributed by atoms with Crippen molar-refractivity contribution in [2.75, 3.05) is 27.4 Å². The van der Waals surface area contributed by atoms with Gasteiger partial charge in [0.25, 0.3) is 0 Å². The molecule has 0 saturated heterocycles. The molecule has 2 heteroatoms. The summed E-state index contributed by atoms with van der Waals surface area (Å²) >= 11 is 0. The molecule has 2 aromatic carbocycles. The maximum absolute atomic E-state index is 4.54. The minimum absolute atomic E-state index is 0. The summed E-state index contributed by atoms with van der Waals surface area (Å²) in [5.74, 6) is 0. The van der Waals surface area contributed by atoms with E-state index in [0.717, 1.165) is 13.2 Å². The van der Waals surface area contributed by atoms with Gasteiger partial charge in [0.2, 0.25) is 0 Å². The normalized spacial score (nSPS) is 9.76. The molecule has 1 aliphatic carbocycles. The number of ether oxygens (including phenoxy) is 2. The molecule has 0 saturated carbocycles. The Hall–Kier alpha value is -1.64. The second-order valence-corrected chi connectivity index (χ2v) is 5.87. The predicted molar refractivity (Wildman–Crippen MR) is 158 cm³/mol. The van der Waals surface area contributed by atoms with Gasteiger partial charge in [0.15, 0.2) is 0 Å². The van der Waals surface area contributed by atoms with E-state index in [1.807, 2.05) is 69.2 Å². The molecular formula is C31H62O2. The van der Waals surface area contributed by atoms with Crippen molar-refractivity contribution in [3.8, 4) is 11.1 Å². The SMILES string of the molecule is C.C.CC.CC.CC.CC.CC1(C)c2ccccc2-c2ccccc21.CCOC.CCOC. The van der Waals surface area contributed by atoms with E-state index in [0.29, 0.717) is 0 Å². The van der Waals surface area contributed by atoms with Gasteiger partial charge in [-0.1, -0.05) is 133 Å². The first-order chi connectivity index (χ1) is 15.0. The van der Waals surface area contributed by atoms with Gasteiger partial charge in [-0.3, -0.25) is 0 Å². The first-order valence-electron chi connectivity index (χ1n) is 12.2. The van der Waals surface area contributed by atoms with Gasteiger partial charge in [-0.25, -0.2) is 0 Å². The summed E-state index contributed by atoms with van der Waals surface area (Å²) in [6.07, 6.45) is 0. The molecule has 0 aliphatic heterocycles. The molecule has 33 heavy (non-hydrogen) atoms. The second kappa shape index (κ2) is 32.5. The molecule has 0 fully saturated rings. The van der Waals surface area contributed by atoms with Gasteiger partial charge in [0, 0.05) is 32.8 Å². The first-order valence-corrected chi connectivity index (χ1v) is 12.2. The van der Waals surface area contributed by atoms with Crippen LogP contribution < -0.4 is 0 Å². The quantitative estimate of drug-likeness (QED) is 0.438. The van der Waals surface area contributed by atoms with E-state index in [4.69, 9.17) is 0 Å². The summed E-state index contributed by atoms with van der Waals surface area (Å²) in [6, 6.07) is 17.4. The van der Waals surface area contributed by atoms with E-state index in [1.54, 1.807) is 14.2 Å². The highest BCUT2D eigenvalue weighted by atomic mass is 16.5. The van der Waals surface area contributed by atoms with E-state index < -0.39 is 0 Å². The molecule has 3 rings (SSSR count). The van der Waals surface area contributed by atoms with Crippen molar-refractivity contribution in [2.24, 2.45) is 0 Å². The molecule has 0 bridgehead atoms. The Morgan fingerprint density at radius 3 is 0.970 bits per heavy atom. The van der Waals surface area contributed by atoms with Crippen molar-refractivity contribution in [3.05, 3.63) is 59.7 Å². The number of hydrogen-bond acceptors (Lipinski definition) is 2. The summed E-state index contributed by atoms with van der Waals surface area (Å²) in [7, 11) is 3.36. The topological polar surface area (TPSA) is 18.5 Å². The highest BCUT2D eigenvalue weighted by Gasteiger charge is 2.34. The van der Waals surface area contributed by atoms with Gasteiger partial charge in [-0.2, -0.15) is 0 Å². The highest BCUT2D eigenvalue weighted by molar-refractivity contribution is 5.80. The van der Waals surface area contributed by atoms with E-state index in [9.17, 15) is 0 Å². The van der Waals surface area contributed by atoms with Crippen LogP contribution in [-0.4, -0.2) is 27.4 Å². The fraction of sp³-hybridized carbons (Fsp3) is 0.613. The van der Waals surface area contributed by atoms with E-state index >= 15 is 0 Å². The fourth-order valence-corrected chi connectivity index (χ4v) is 2.67. The predicted octanol–water partition coefficient (Wildman–Crippen LogP) is 10.7. The molecule has 0 atom stereocenters. The second-order valence-electron chi connectivity index (χ2n) is 5.87. The lowest BCUT2D eigenvalue weighted by atomic mass is 9.82. The third-order valence-electron chi connectivity index (χ3n) is 4.07. The zero-order chi connectivity index (χ0) is 25.3. The maximum atomic E-state index is 4.54. The van der Waals surface area contributed by atoms with Crippen molar-refractivity contribution >= 4 is 0 Å². The molecule has 2 nitrogen and oxygen atoms in total. The molecular weight excluding hydrogens is 404 g/mol. The van der Waals surface area contributed by atoms with Gasteiger partial charge in [0.05, 0.1) is 0 Å². The Bertz CT molecular complexity index is 533. The van der Waals surface area contributed by atoms with Crippen LogP contribution in [0.1, 0.15) is 109 Å². The molecule has 0 amide bonds. The lowest BCUT2D eigenvalue weighted by molar-refractivity contribution is 0.215. The number of rotatable bonds is 2. The fourth-order valence-electron chi connectivity index (χ4n) is 2.67. The van der Waals surface area contributed by atoms with Gasteiger partial charge in [-0.05, 0) is 36.1 Å². The summed E-state index contributed by atoms with van der Waals surface area (Å²) in [6.45, 7) is 26.2. The summed E-state index contributed by atoms with van der Waals surface area (Å²) in [5.41, 5.74) is 5.86. The summed E-state index contributed by atoms with van der Waals surface area (Å²) in [4.78, 5) is 0. The number of benzene rings is 2. The maximum Gasteiger partial charge on any atom is 0.0433 e. The van der Waals surface area contributed by atoms with Crippen LogP contribution in [0.4, 0.5) is 0 Å². The standard InChI is InChI=1S/C15H14.2C3H8O.4C2H6.2CH4/c1-15(2)13-9-5-3-7-11(13)12-8-4-6-10-14(12)15;2*1-3-4-2;4*1-2;;/h3-10H,1-2H3;2*3H2,1-2H3;4*1-2H3;2*1H4. The number of hydrogen-bond donors (Lipinski definition) is 0. The Morgan fingerprint density at radius 2 is 0.758 bits per heavy atom. The van der Waals surface area contributed by atoms with Crippen molar-refractivity contribution < 1.29 is 9.47 Å². The Balaban J connectivity index is -0.0000000864. The number of methoxy groups -OCH3 is 2. The van der Waals surface area contributed by atoms with Crippen LogP contribution in [-0.2, 0) is 14.9 Å².